The van der Waals surface area contributed by atoms with Crippen LogP contribution in [0.3, 0.4) is 0 Å². The first-order valence-electron chi connectivity index (χ1n) is 8.46. The summed E-state index contributed by atoms with van der Waals surface area (Å²) in [6.45, 7) is 12.2. The van der Waals surface area contributed by atoms with Gasteiger partial charge in [-0.15, -0.1) is 35.3 Å². The Kier molecular flexibility index (Phi) is 8.94. The molecule has 24 heavy (non-hydrogen) atoms. The molecule has 0 unspecified atom stereocenters. The Hall–Kier alpha value is -0.410. The SMILES string of the molecule is CCOC1CCN(C(=NC)NCc2nc(C(C)(C)C)cs2)CC1.I. The van der Waals surface area contributed by atoms with Crippen LogP contribution in [0.25, 0.3) is 0 Å². The van der Waals surface area contributed by atoms with Crippen LogP contribution >= 0.6 is 35.3 Å². The minimum absolute atomic E-state index is 0. The van der Waals surface area contributed by atoms with Crippen molar-refractivity contribution in [1.82, 2.24) is 15.2 Å². The van der Waals surface area contributed by atoms with E-state index in [9.17, 15) is 0 Å². The summed E-state index contributed by atoms with van der Waals surface area (Å²) in [6, 6.07) is 0. The summed E-state index contributed by atoms with van der Waals surface area (Å²) in [5.74, 6) is 0.965. The van der Waals surface area contributed by atoms with E-state index in [1.165, 1.54) is 0 Å². The van der Waals surface area contributed by atoms with Crippen LogP contribution in [0.4, 0.5) is 0 Å². The minimum atomic E-state index is 0. The van der Waals surface area contributed by atoms with E-state index < -0.39 is 0 Å². The van der Waals surface area contributed by atoms with Crippen LogP contribution in [0.15, 0.2) is 10.4 Å². The predicted molar refractivity (Wildman–Crippen MR) is 113 cm³/mol. The lowest BCUT2D eigenvalue weighted by Gasteiger charge is -2.33. The summed E-state index contributed by atoms with van der Waals surface area (Å²) in [7, 11) is 1.85. The van der Waals surface area contributed by atoms with Crippen molar-refractivity contribution in [2.24, 2.45) is 4.99 Å². The predicted octanol–water partition coefficient (Wildman–Crippen LogP) is 3.63. The van der Waals surface area contributed by atoms with Crippen LogP contribution in [0, 0.1) is 0 Å². The van der Waals surface area contributed by atoms with Crippen molar-refractivity contribution >= 4 is 41.3 Å². The quantitative estimate of drug-likeness (QED) is 0.418. The van der Waals surface area contributed by atoms with Gasteiger partial charge < -0.3 is 15.0 Å². The van der Waals surface area contributed by atoms with E-state index in [2.05, 4.69) is 48.3 Å². The highest BCUT2D eigenvalue weighted by Gasteiger charge is 2.22. The van der Waals surface area contributed by atoms with Crippen molar-refractivity contribution < 1.29 is 4.74 Å². The molecule has 1 fully saturated rings. The second-order valence-electron chi connectivity index (χ2n) is 6.92. The van der Waals surface area contributed by atoms with Gasteiger partial charge in [-0.1, -0.05) is 20.8 Å². The molecule has 0 amide bonds. The van der Waals surface area contributed by atoms with Crippen LogP contribution in [-0.4, -0.2) is 48.7 Å². The largest absolute Gasteiger partial charge is 0.378 e. The van der Waals surface area contributed by atoms with Gasteiger partial charge in [0.2, 0.25) is 0 Å². The molecular weight excluding hydrogens is 435 g/mol. The number of aliphatic imine (C=N–C) groups is 1. The van der Waals surface area contributed by atoms with Gasteiger partial charge in [-0.2, -0.15) is 0 Å². The molecule has 0 radical (unpaired) electrons. The van der Waals surface area contributed by atoms with Crippen molar-refractivity contribution in [2.75, 3.05) is 26.7 Å². The molecule has 1 aliphatic heterocycles. The number of hydrogen-bond acceptors (Lipinski definition) is 4. The number of hydrogen-bond donors (Lipinski definition) is 1. The van der Waals surface area contributed by atoms with Gasteiger partial charge in [-0.05, 0) is 19.8 Å². The third-order valence-electron chi connectivity index (χ3n) is 4.07. The summed E-state index contributed by atoms with van der Waals surface area (Å²) in [5.41, 5.74) is 1.27. The molecule has 5 nitrogen and oxygen atoms in total. The smallest absolute Gasteiger partial charge is 0.193 e. The minimum Gasteiger partial charge on any atom is -0.378 e. The third kappa shape index (κ3) is 6.15. The van der Waals surface area contributed by atoms with Gasteiger partial charge >= 0.3 is 0 Å². The maximum absolute atomic E-state index is 5.71. The molecule has 1 aromatic heterocycles. The van der Waals surface area contributed by atoms with Crippen LogP contribution < -0.4 is 5.32 Å². The number of rotatable bonds is 4. The van der Waals surface area contributed by atoms with Gasteiger partial charge in [0.15, 0.2) is 5.96 Å². The number of ether oxygens (including phenoxy) is 1. The molecule has 2 heterocycles. The van der Waals surface area contributed by atoms with Gasteiger partial charge in [0.25, 0.3) is 0 Å². The van der Waals surface area contributed by atoms with E-state index in [0.29, 0.717) is 6.10 Å². The van der Waals surface area contributed by atoms with Crippen molar-refractivity contribution in [3.8, 4) is 0 Å². The van der Waals surface area contributed by atoms with Crippen LogP contribution in [0.2, 0.25) is 0 Å². The fourth-order valence-corrected chi connectivity index (χ4v) is 3.65. The molecule has 0 aliphatic carbocycles. The number of likely N-dealkylation sites (tertiary alicyclic amines) is 1. The van der Waals surface area contributed by atoms with E-state index in [0.717, 1.165) is 55.7 Å². The number of thiazole rings is 1. The zero-order valence-corrected chi connectivity index (χ0v) is 18.6. The van der Waals surface area contributed by atoms with Gasteiger partial charge in [0.05, 0.1) is 18.3 Å². The zero-order chi connectivity index (χ0) is 16.9. The Morgan fingerprint density at radius 3 is 2.58 bits per heavy atom. The Balaban J connectivity index is 0.00000288. The highest BCUT2D eigenvalue weighted by atomic mass is 127. The van der Waals surface area contributed by atoms with E-state index in [-0.39, 0.29) is 29.4 Å². The average Bonchev–Trinajstić information content (AvgIpc) is 2.99. The third-order valence-corrected chi connectivity index (χ3v) is 4.92. The lowest BCUT2D eigenvalue weighted by Crippen LogP contribution is -2.46. The first-order chi connectivity index (χ1) is 10.9. The summed E-state index contributed by atoms with van der Waals surface area (Å²) >= 11 is 1.72. The van der Waals surface area contributed by atoms with E-state index >= 15 is 0 Å². The van der Waals surface area contributed by atoms with Gasteiger partial charge in [-0.25, -0.2) is 4.98 Å². The Morgan fingerprint density at radius 2 is 2.08 bits per heavy atom. The zero-order valence-electron chi connectivity index (χ0n) is 15.5. The Bertz CT molecular complexity index is 519. The number of halogens is 1. The normalized spacial score (nSPS) is 16.9. The highest BCUT2D eigenvalue weighted by Crippen LogP contribution is 2.23. The van der Waals surface area contributed by atoms with Gasteiger partial charge in [0, 0.05) is 37.5 Å². The van der Waals surface area contributed by atoms with Crippen molar-refractivity contribution in [2.45, 2.75) is 58.6 Å². The molecule has 1 aliphatic rings. The Labute approximate surface area is 167 Å². The lowest BCUT2D eigenvalue weighted by atomic mass is 9.93. The summed E-state index contributed by atoms with van der Waals surface area (Å²) < 4.78 is 5.71. The molecule has 0 atom stereocenters. The van der Waals surface area contributed by atoms with Crippen LogP contribution in [-0.2, 0) is 16.7 Å². The molecule has 1 N–H and O–H groups in total. The molecular formula is C17H31IN4OS. The fraction of sp³-hybridized carbons (Fsp3) is 0.765. The molecule has 2 rings (SSSR count). The van der Waals surface area contributed by atoms with Gasteiger partial charge in [0.1, 0.15) is 5.01 Å². The van der Waals surface area contributed by atoms with Crippen molar-refractivity contribution in [3.05, 3.63) is 16.1 Å². The van der Waals surface area contributed by atoms with Crippen molar-refractivity contribution in [3.63, 3.8) is 0 Å². The number of piperidine rings is 1. The number of nitrogens with one attached hydrogen (secondary N) is 1. The molecule has 0 bridgehead atoms. The molecule has 0 aromatic carbocycles. The maximum Gasteiger partial charge on any atom is 0.193 e. The summed E-state index contributed by atoms with van der Waals surface area (Å²) in [6.07, 6.45) is 2.54. The number of aromatic nitrogens is 1. The van der Waals surface area contributed by atoms with Crippen LogP contribution in [0.1, 0.15) is 51.2 Å². The topological polar surface area (TPSA) is 49.8 Å². The summed E-state index contributed by atoms with van der Waals surface area (Å²) in [4.78, 5) is 11.5. The molecule has 138 valence electrons. The van der Waals surface area contributed by atoms with E-state index in [1.54, 1.807) is 11.3 Å². The fourth-order valence-electron chi connectivity index (χ4n) is 2.69. The van der Waals surface area contributed by atoms with E-state index in [1.807, 2.05) is 7.05 Å². The number of guanidine groups is 1. The standard InChI is InChI=1S/C17H30N4OS.HI/c1-6-22-13-7-9-21(10-8-13)16(18-5)19-11-15-20-14(12-23-15)17(2,3)4;/h12-13H,6-11H2,1-5H3,(H,18,19);1H. The molecule has 0 saturated carbocycles. The molecule has 1 aromatic rings. The highest BCUT2D eigenvalue weighted by molar-refractivity contribution is 14.0. The molecule has 7 heteroatoms. The first-order valence-corrected chi connectivity index (χ1v) is 9.34. The first kappa shape index (κ1) is 21.6. The monoisotopic (exact) mass is 466 g/mol. The average molecular weight is 466 g/mol. The summed E-state index contributed by atoms with van der Waals surface area (Å²) in [5, 5.41) is 6.72. The van der Waals surface area contributed by atoms with Crippen LogP contribution in [0.5, 0.6) is 0 Å². The molecule has 1 saturated heterocycles. The number of nitrogens with zero attached hydrogens (tertiary/aromatic N) is 3. The second kappa shape index (κ2) is 9.91. The lowest BCUT2D eigenvalue weighted by molar-refractivity contribution is 0.0263. The second-order valence-corrected chi connectivity index (χ2v) is 7.86. The maximum atomic E-state index is 5.71. The van der Waals surface area contributed by atoms with E-state index in [4.69, 9.17) is 9.72 Å². The van der Waals surface area contributed by atoms with Crippen molar-refractivity contribution in [1.29, 1.82) is 0 Å². The molecule has 0 spiro atoms. The Morgan fingerprint density at radius 1 is 1.42 bits per heavy atom. The van der Waals surface area contributed by atoms with Gasteiger partial charge in [-0.3, -0.25) is 4.99 Å².